The van der Waals surface area contributed by atoms with E-state index in [4.69, 9.17) is 11.6 Å². The molecule has 3 aromatic rings. The average Bonchev–Trinajstić information content (AvgIpc) is 3.04. The van der Waals surface area contributed by atoms with Crippen molar-refractivity contribution in [3.05, 3.63) is 21.9 Å². The van der Waals surface area contributed by atoms with Crippen LogP contribution in [0.25, 0.3) is 21.9 Å². The van der Waals surface area contributed by atoms with E-state index in [1.807, 2.05) is 0 Å². The highest BCUT2D eigenvalue weighted by Gasteiger charge is 2.18. The summed E-state index contributed by atoms with van der Waals surface area (Å²) in [5, 5.41) is 7.98. The van der Waals surface area contributed by atoms with E-state index in [1.54, 1.807) is 17.5 Å². The highest BCUT2D eigenvalue weighted by Crippen LogP contribution is 2.32. The lowest BCUT2D eigenvalue weighted by Gasteiger charge is -2.06. The molecule has 0 bridgehead atoms. The predicted molar refractivity (Wildman–Crippen MR) is 74.4 cm³/mol. The van der Waals surface area contributed by atoms with E-state index in [1.165, 1.54) is 23.4 Å². The molecule has 3 aromatic heterocycles. The van der Waals surface area contributed by atoms with Crippen LogP contribution in [0.5, 0.6) is 0 Å². The highest BCUT2D eigenvalue weighted by molar-refractivity contribution is 7.15. The second-order valence-electron chi connectivity index (χ2n) is 4.56. The van der Waals surface area contributed by atoms with E-state index < -0.39 is 0 Å². The second kappa shape index (κ2) is 4.25. The number of hydrogen-bond donors (Lipinski definition) is 1. The minimum Gasteiger partial charge on any atom is -0.273 e. The molecule has 1 N–H and O–H groups in total. The number of aromatic amines is 1. The van der Waals surface area contributed by atoms with Gasteiger partial charge in [0.15, 0.2) is 16.0 Å². The quantitative estimate of drug-likeness (QED) is 0.700. The molecule has 0 saturated carbocycles. The molecular formula is C12H10ClN5S. The third-order valence-corrected chi connectivity index (χ3v) is 4.72. The van der Waals surface area contributed by atoms with Crippen molar-refractivity contribution in [2.24, 2.45) is 0 Å². The largest absolute Gasteiger partial charge is 0.273 e. The van der Waals surface area contributed by atoms with Gasteiger partial charge in [0.25, 0.3) is 0 Å². The third kappa shape index (κ3) is 1.82. The zero-order valence-electron chi connectivity index (χ0n) is 9.98. The smallest absolute Gasteiger partial charge is 0.190 e. The SMILES string of the molecule is Clc1nc(-c2nc3c(s2)CCCC3)nc2cn[nH]c12. The lowest BCUT2D eigenvalue weighted by Crippen LogP contribution is -1.99. The molecule has 19 heavy (non-hydrogen) atoms. The van der Waals surface area contributed by atoms with Gasteiger partial charge in [0.2, 0.25) is 0 Å². The fraction of sp³-hybridized carbons (Fsp3) is 0.333. The maximum atomic E-state index is 6.13. The molecular weight excluding hydrogens is 282 g/mol. The van der Waals surface area contributed by atoms with Gasteiger partial charge in [-0.15, -0.1) is 11.3 Å². The number of halogens is 1. The first-order valence-electron chi connectivity index (χ1n) is 6.17. The standard InChI is InChI=1S/C12H10ClN5S/c13-10-9-7(5-14-18-9)15-11(17-10)12-16-6-3-1-2-4-8(6)19-12/h5H,1-4H2,(H,14,18). The van der Waals surface area contributed by atoms with E-state index in [0.29, 0.717) is 16.5 Å². The maximum Gasteiger partial charge on any atom is 0.190 e. The number of aryl methyl sites for hydroxylation is 2. The average molecular weight is 292 g/mol. The predicted octanol–water partition coefficient (Wildman–Crippen LogP) is 3.01. The number of nitrogens with zero attached hydrogens (tertiary/aromatic N) is 4. The van der Waals surface area contributed by atoms with E-state index in [0.717, 1.165) is 23.4 Å². The minimum absolute atomic E-state index is 0.394. The number of nitrogens with one attached hydrogen (secondary N) is 1. The molecule has 0 unspecified atom stereocenters. The van der Waals surface area contributed by atoms with Gasteiger partial charge in [0.05, 0.1) is 11.9 Å². The van der Waals surface area contributed by atoms with Crippen LogP contribution in [-0.2, 0) is 12.8 Å². The zero-order chi connectivity index (χ0) is 12.8. The Hall–Kier alpha value is -1.53. The Labute approximate surface area is 118 Å². The van der Waals surface area contributed by atoms with Gasteiger partial charge < -0.3 is 0 Å². The molecule has 7 heteroatoms. The molecule has 1 aliphatic rings. The number of aromatic nitrogens is 5. The number of H-pyrrole nitrogens is 1. The lowest BCUT2D eigenvalue weighted by molar-refractivity contribution is 0.682. The van der Waals surface area contributed by atoms with Crippen molar-refractivity contribution in [1.82, 2.24) is 25.1 Å². The number of hydrogen-bond acceptors (Lipinski definition) is 5. The van der Waals surface area contributed by atoms with Crippen LogP contribution in [-0.4, -0.2) is 25.1 Å². The van der Waals surface area contributed by atoms with Crippen molar-refractivity contribution in [1.29, 1.82) is 0 Å². The number of rotatable bonds is 1. The highest BCUT2D eigenvalue weighted by atomic mass is 35.5. The normalized spacial score (nSPS) is 14.8. The Bertz CT molecular complexity index is 739. The first kappa shape index (κ1) is 11.3. The fourth-order valence-electron chi connectivity index (χ4n) is 2.35. The van der Waals surface area contributed by atoms with Crippen LogP contribution in [0, 0.1) is 0 Å². The molecule has 0 saturated heterocycles. The van der Waals surface area contributed by atoms with Gasteiger partial charge in [-0.05, 0) is 25.7 Å². The fourth-order valence-corrected chi connectivity index (χ4v) is 3.65. The van der Waals surface area contributed by atoms with Gasteiger partial charge in [-0.3, -0.25) is 5.10 Å². The van der Waals surface area contributed by atoms with E-state index in [2.05, 4.69) is 25.1 Å². The Morgan fingerprint density at radius 3 is 2.95 bits per heavy atom. The molecule has 5 nitrogen and oxygen atoms in total. The van der Waals surface area contributed by atoms with Crippen molar-refractivity contribution in [2.45, 2.75) is 25.7 Å². The molecule has 0 atom stereocenters. The molecule has 0 spiro atoms. The van der Waals surface area contributed by atoms with Gasteiger partial charge in [0, 0.05) is 4.88 Å². The van der Waals surface area contributed by atoms with Crippen LogP contribution in [0.2, 0.25) is 5.15 Å². The van der Waals surface area contributed by atoms with E-state index in [-0.39, 0.29) is 0 Å². The Morgan fingerprint density at radius 1 is 1.16 bits per heavy atom. The summed E-state index contributed by atoms with van der Waals surface area (Å²) in [6, 6.07) is 0. The summed E-state index contributed by atoms with van der Waals surface area (Å²) in [4.78, 5) is 14.8. The van der Waals surface area contributed by atoms with Crippen LogP contribution in [0.4, 0.5) is 0 Å². The zero-order valence-corrected chi connectivity index (χ0v) is 11.6. The topological polar surface area (TPSA) is 67.3 Å². The summed E-state index contributed by atoms with van der Waals surface area (Å²) in [6.07, 6.45) is 6.30. The number of thiazole rings is 1. The molecule has 96 valence electrons. The molecule has 0 aromatic carbocycles. The van der Waals surface area contributed by atoms with Crippen LogP contribution >= 0.6 is 22.9 Å². The Balaban J connectivity index is 1.87. The van der Waals surface area contributed by atoms with E-state index in [9.17, 15) is 0 Å². The van der Waals surface area contributed by atoms with Crippen molar-refractivity contribution in [3.8, 4) is 10.8 Å². The molecule has 0 radical (unpaired) electrons. The Morgan fingerprint density at radius 2 is 2.05 bits per heavy atom. The summed E-state index contributed by atoms with van der Waals surface area (Å²) in [5.41, 5.74) is 2.60. The monoisotopic (exact) mass is 291 g/mol. The van der Waals surface area contributed by atoms with Gasteiger partial charge in [-0.2, -0.15) is 5.10 Å². The van der Waals surface area contributed by atoms with Crippen molar-refractivity contribution in [3.63, 3.8) is 0 Å². The minimum atomic E-state index is 0.394. The molecule has 4 rings (SSSR count). The summed E-state index contributed by atoms with van der Waals surface area (Å²) < 4.78 is 0. The molecule has 0 fully saturated rings. The first-order chi connectivity index (χ1) is 9.31. The van der Waals surface area contributed by atoms with Crippen molar-refractivity contribution >= 4 is 34.0 Å². The van der Waals surface area contributed by atoms with Gasteiger partial charge in [-0.25, -0.2) is 15.0 Å². The Kier molecular flexibility index (Phi) is 2.53. The van der Waals surface area contributed by atoms with Crippen LogP contribution in [0.15, 0.2) is 6.20 Å². The summed E-state index contributed by atoms with van der Waals surface area (Å²) in [6.45, 7) is 0. The maximum absolute atomic E-state index is 6.13. The van der Waals surface area contributed by atoms with E-state index >= 15 is 0 Å². The van der Waals surface area contributed by atoms with Crippen molar-refractivity contribution < 1.29 is 0 Å². The van der Waals surface area contributed by atoms with Crippen LogP contribution in [0.1, 0.15) is 23.4 Å². The summed E-state index contributed by atoms with van der Waals surface area (Å²) in [5.74, 6) is 0.596. The molecule has 3 heterocycles. The van der Waals surface area contributed by atoms with Gasteiger partial charge in [0.1, 0.15) is 11.0 Å². The lowest BCUT2D eigenvalue weighted by atomic mass is 10.0. The van der Waals surface area contributed by atoms with Crippen molar-refractivity contribution in [2.75, 3.05) is 0 Å². The summed E-state index contributed by atoms with van der Waals surface area (Å²) >= 11 is 7.82. The third-order valence-electron chi connectivity index (χ3n) is 3.29. The molecule has 0 aliphatic heterocycles. The summed E-state index contributed by atoms with van der Waals surface area (Å²) in [7, 11) is 0. The molecule has 1 aliphatic carbocycles. The van der Waals surface area contributed by atoms with Gasteiger partial charge in [-0.1, -0.05) is 11.6 Å². The van der Waals surface area contributed by atoms with Crippen LogP contribution in [0.3, 0.4) is 0 Å². The first-order valence-corrected chi connectivity index (χ1v) is 7.36. The number of fused-ring (bicyclic) bond motifs is 2. The molecule has 0 amide bonds. The van der Waals surface area contributed by atoms with Gasteiger partial charge >= 0.3 is 0 Å². The second-order valence-corrected chi connectivity index (χ2v) is 6.01. The van der Waals surface area contributed by atoms with Crippen LogP contribution < -0.4 is 0 Å².